The number of carbonyl (C=O) groups is 1. The molecule has 2 aliphatic rings. The Morgan fingerprint density at radius 1 is 1.19 bits per heavy atom. The van der Waals surface area contributed by atoms with Crippen molar-refractivity contribution in [3.63, 3.8) is 0 Å². The number of piperidine rings is 1. The van der Waals surface area contributed by atoms with Crippen LogP contribution in [0.25, 0.3) is 11.4 Å². The maximum absolute atomic E-state index is 12.7. The number of likely N-dealkylation sites (tertiary alicyclic amines) is 1. The zero-order valence-corrected chi connectivity index (χ0v) is 16.0. The second-order valence-electron chi connectivity index (χ2n) is 7.78. The number of hydrogen-bond donors (Lipinski definition) is 0. The first-order valence-corrected chi connectivity index (χ1v) is 10.8. The molecule has 1 saturated heterocycles. The molecule has 3 heterocycles. The Morgan fingerprint density at radius 2 is 2.04 bits per heavy atom. The van der Waals surface area contributed by atoms with Gasteiger partial charge in [-0.25, -0.2) is 0 Å². The molecule has 0 N–H and O–H groups in total. The van der Waals surface area contributed by atoms with Crippen molar-refractivity contribution in [2.24, 2.45) is 11.8 Å². The van der Waals surface area contributed by atoms with E-state index in [-0.39, 0.29) is 0 Å². The smallest absolute Gasteiger partial charge is 0.227 e. The molecular formula is C20H27N3O2S. The molecule has 1 aliphatic carbocycles. The van der Waals surface area contributed by atoms with Crippen molar-refractivity contribution in [1.82, 2.24) is 15.0 Å². The molecule has 1 amide bonds. The predicted molar refractivity (Wildman–Crippen MR) is 102 cm³/mol. The van der Waals surface area contributed by atoms with Crippen molar-refractivity contribution in [2.75, 3.05) is 13.1 Å². The number of carbonyl (C=O) groups excluding carboxylic acids is 1. The standard InChI is InChI=1S/C20H27N3O2S/c24-19(12-15-5-2-1-3-6-15)23-9-4-7-16(13-23)11-18-21-20(22-25-18)17-8-10-26-14-17/h8,10,14-16H,1-7,9,11-13H2. The van der Waals surface area contributed by atoms with Crippen LogP contribution in [0.3, 0.4) is 0 Å². The zero-order valence-electron chi connectivity index (χ0n) is 15.2. The second kappa shape index (κ2) is 8.33. The van der Waals surface area contributed by atoms with Gasteiger partial charge in [0, 0.05) is 36.9 Å². The van der Waals surface area contributed by atoms with E-state index in [0.29, 0.717) is 29.5 Å². The van der Waals surface area contributed by atoms with Crippen LogP contribution in [-0.4, -0.2) is 34.0 Å². The first kappa shape index (κ1) is 17.7. The Balaban J connectivity index is 1.31. The van der Waals surface area contributed by atoms with Gasteiger partial charge < -0.3 is 9.42 Å². The molecule has 140 valence electrons. The van der Waals surface area contributed by atoms with Gasteiger partial charge >= 0.3 is 0 Å². The van der Waals surface area contributed by atoms with Gasteiger partial charge in [-0.2, -0.15) is 16.3 Å². The summed E-state index contributed by atoms with van der Waals surface area (Å²) in [5.41, 5.74) is 1.01. The van der Waals surface area contributed by atoms with Crippen molar-refractivity contribution in [1.29, 1.82) is 0 Å². The van der Waals surface area contributed by atoms with E-state index >= 15 is 0 Å². The van der Waals surface area contributed by atoms with E-state index in [9.17, 15) is 4.79 Å². The lowest BCUT2D eigenvalue weighted by atomic mass is 9.86. The van der Waals surface area contributed by atoms with Crippen LogP contribution in [0.15, 0.2) is 21.3 Å². The monoisotopic (exact) mass is 373 g/mol. The van der Waals surface area contributed by atoms with Crippen LogP contribution in [0, 0.1) is 11.8 Å². The topological polar surface area (TPSA) is 59.2 Å². The molecule has 1 aliphatic heterocycles. The number of thiophene rings is 1. The lowest BCUT2D eigenvalue weighted by Gasteiger charge is -2.33. The van der Waals surface area contributed by atoms with Crippen molar-refractivity contribution in [2.45, 2.75) is 57.8 Å². The SMILES string of the molecule is O=C(CC1CCCCC1)N1CCCC(Cc2nc(-c3ccsc3)no2)C1. The molecule has 2 aromatic rings. The van der Waals surface area contributed by atoms with Gasteiger partial charge in [0.2, 0.25) is 17.6 Å². The molecule has 2 fully saturated rings. The summed E-state index contributed by atoms with van der Waals surface area (Å²) >= 11 is 1.63. The van der Waals surface area contributed by atoms with Gasteiger partial charge in [-0.05, 0) is 49.0 Å². The summed E-state index contributed by atoms with van der Waals surface area (Å²) in [5, 5.41) is 8.14. The molecule has 0 aromatic carbocycles. The number of nitrogens with zero attached hydrogens (tertiary/aromatic N) is 3. The van der Waals surface area contributed by atoms with Crippen LogP contribution in [-0.2, 0) is 11.2 Å². The number of amides is 1. The van der Waals surface area contributed by atoms with Gasteiger partial charge in [0.1, 0.15) is 0 Å². The van der Waals surface area contributed by atoms with E-state index in [4.69, 9.17) is 4.52 Å². The highest BCUT2D eigenvalue weighted by Crippen LogP contribution is 2.28. The van der Waals surface area contributed by atoms with Gasteiger partial charge in [0.05, 0.1) is 0 Å². The Labute approximate surface area is 158 Å². The van der Waals surface area contributed by atoms with Crippen molar-refractivity contribution < 1.29 is 9.32 Å². The van der Waals surface area contributed by atoms with Gasteiger partial charge in [-0.3, -0.25) is 4.79 Å². The van der Waals surface area contributed by atoms with Crippen LogP contribution in [0.1, 0.15) is 57.3 Å². The highest BCUT2D eigenvalue weighted by atomic mass is 32.1. The molecule has 1 atom stereocenters. The Morgan fingerprint density at radius 3 is 2.85 bits per heavy atom. The summed E-state index contributed by atoms with van der Waals surface area (Å²) in [6, 6.07) is 2.01. The van der Waals surface area contributed by atoms with E-state index in [1.54, 1.807) is 11.3 Å². The van der Waals surface area contributed by atoms with Gasteiger partial charge in [-0.15, -0.1) is 0 Å². The van der Waals surface area contributed by atoms with Gasteiger partial charge in [0.15, 0.2) is 0 Å². The average molecular weight is 374 g/mol. The predicted octanol–water partition coefficient (Wildman–Crippen LogP) is 4.55. The molecule has 0 radical (unpaired) electrons. The lowest BCUT2D eigenvalue weighted by molar-refractivity contribution is -0.134. The molecule has 5 nitrogen and oxygen atoms in total. The first-order chi connectivity index (χ1) is 12.8. The number of rotatable bonds is 5. The van der Waals surface area contributed by atoms with Crippen molar-refractivity contribution >= 4 is 17.2 Å². The molecule has 1 saturated carbocycles. The summed E-state index contributed by atoms with van der Waals surface area (Å²) in [6.07, 6.45) is 10.1. The van der Waals surface area contributed by atoms with E-state index < -0.39 is 0 Å². The molecule has 26 heavy (non-hydrogen) atoms. The fourth-order valence-electron chi connectivity index (χ4n) is 4.32. The molecular weight excluding hydrogens is 346 g/mol. The Kier molecular flexibility index (Phi) is 5.68. The fraction of sp³-hybridized carbons (Fsp3) is 0.650. The maximum atomic E-state index is 12.7. The summed E-state index contributed by atoms with van der Waals surface area (Å²) in [6.45, 7) is 1.74. The van der Waals surface area contributed by atoms with E-state index in [1.165, 1.54) is 32.1 Å². The summed E-state index contributed by atoms with van der Waals surface area (Å²) < 4.78 is 5.45. The third-order valence-corrected chi connectivity index (χ3v) is 6.45. The first-order valence-electron chi connectivity index (χ1n) is 9.91. The van der Waals surface area contributed by atoms with E-state index in [0.717, 1.165) is 44.3 Å². The zero-order chi connectivity index (χ0) is 17.8. The highest BCUT2D eigenvalue weighted by Gasteiger charge is 2.27. The Hall–Kier alpha value is -1.69. The minimum absolute atomic E-state index is 0.353. The van der Waals surface area contributed by atoms with E-state index in [1.807, 2.05) is 16.8 Å². The van der Waals surface area contributed by atoms with Gasteiger partial charge in [0.25, 0.3) is 0 Å². The molecule has 2 aromatic heterocycles. The lowest BCUT2D eigenvalue weighted by Crippen LogP contribution is -2.41. The van der Waals surface area contributed by atoms with Crippen LogP contribution < -0.4 is 0 Å². The molecule has 4 rings (SSSR count). The quantitative estimate of drug-likeness (QED) is 0.771. The summed E-state index contributed by atoms with van der Waals surface area (Å²) in [5.74, 6) is 2.75. The highest BCUT2D eigenvalue weighted by molar-refractivity contribution is 7.08. The summed E-state index contributed by atoms with van der Waals surface area (Å²) in [7, 11) is 0. The molecule has 0 bridgehead atoms. The third kappa shape index (κ3) is 4.34. The molecule has 0 spiro atoms. The number of hydrogen-bond acceptors (Lipinski definition) is 5. The van der Waals surface area contributed by atoms with Crippen LogP contribution >= 0.6 is 11.3 Å². The minimum atomic E-state index is 0.353. The molecule has 1 unspecified atom stereocenters. The largest absolute Gasteiger partial charge is 0.342 e. The van der Waals surface area contributed by atoms with Crippen LogP contribution in [0.2, 0.25) is 0 Å². The van der Waals surface area contributed by atoms with Crippen molar-refractivity contribution in [3.8, 4) is 11.4 Å². The summed E-state index contributed by atoms with van der Waals surface area (Å²) in [4.78, 5) is 19.3. The third-order valence-electron chi connectivity index (χ3n) is 5.77. The van der Waals surface area contributed by atoms with Crippen LogP contribution in [0.5, 0.6) is 0 Å². The second-order valence-corrected chi connectivity index (χ2v) is 8.56. The number of aromatic nitrogens is 2. The maximum Gasteiger partial charge on any atom is 0.227 e. The van der Waals surface area contributed by atoms with E-state index in [2.05, 4.69) is 15.0 Å². The van der Waals surface area contributed by atoms with Crippen molar-refractivity contribution in [3.05, 3.63) is 22.7 Å². The normalized spacial score (nSPS) is 21.8. The van der Waals surface area contributed by atoms with Gasteiger partial charge in [-0.1, -0.05) is 24.4 Å². The fourth-order valence-corrected chi connectivity index (χ4v) is 4.95. The average Bonchev–Trinajstić information content (AvgIpc) is 3.34. The molecule has 6 heteroatoms. The Bertz CT molecular complexity index is 706. The minimum Gasteiger partial charge on any atom is -0.342 e. The van der Waals surface area contributed by atoms with Crippen LogP contribution in [0.4, 0.5) is 0 Å².